The molecule has 2 heterocycles. The van der Waals surface area contributed by atoms with Gasteiger partial charge in [0.2, 0.25) is 0 Å². The predicted molar refractivity (Wildman–Crippen MR) is 79.4 cm³/mol. The van der Waals surface area contributed by atoms with E-state index in [4.69, 9.17) is 5.73 Å². The van der Waals surface area contributed by atoms with Gasteiger partial charge in [-0.1, -0.05) is 0 Å². The highest BCUT2D eigenvalue weighted by Gasteiger charge is 2.03. The number of nitrogens with one attached hydrogen (secondary N) is 1. The molecule has 2 aromatic heterocycles. The zero-order valence-corrected chi connectivity index (χ0v) is 11.2. The zero-order valence-electron chi connectivity index (χ0n) is 11.2. The number of nitrogens with zero attached hydrogens (tertiary/aromatic N) is 4. The van der Waals surface area contributed by atoms with E-state index in [1.807, 2.05) is 35.9 Å². The molecular formula is C14H16N6. The first-order valence-corrected chi connectivity index (χ1v) is 6.45. The largest absolute Gasteiger partial charge is 0.399 e. The lowest BCUT2D eigenvalue weighted by molar-refractivity contribution is 0.789. The van der Waals surface area contributed by atoms with Gasteiger partial charge in [-0.2, -0.15) is 0 Å². The summed E-state index contributed by atoms with van der Waals surface area (Å²) < 4.78 is 1.92. The minimum absolute atomic E-state index is 0.723. The Labute approximate surface area is 116 Å². The first kappa shape index (κ1) is 12.4. The summed E-state index contributed by atoms with van der Waals surface area (Å²) in [4.78, 5) is 4.33. The van der Waals surface area contributed by atoms with Crippen molar-refractivity contribution in [1.29, 1.82) is 0 Å². The third kappa shape index (κ3) is 2.40. The molecule has 102 valence electrons. The van der Waals surface area contributed by atoms with Crippen LogP contribution >= 0.6 is 0 Å². The smallest absolute Gasteiger partial charge is 0.134 e. The zero-order chi connectivity index (χ0) is 13.9. The second-order valence-electron chi connectivity index (χ2n) is 4.67. The van der Waals surface area contributed by atoms with Crippen molar-refractivity contribution in [2.45, 2.75) is 6.42 Å². The van der Waals surface area contributed by atoms with Crippen molar-refractivity contribution >= 4 is 22.3 Å². The van der Waals surface area contributed by atoms with Crippen LogP contribution in [0.15, 0.2) is 36.8 Å². The molecule has 0 aliphatic carbocycles. The van der Waals surface area contributed by atoms with Crippen molar-refractivity contribution < 1.29 is 0 Å². The van der Waals surface area contributed by atoms with Crippen LogP contribution in [0.2, 0.25) is 0 Å². The van der Waals surface area contributed by atoms with Crippen LogP contribution in [-0.4, -0.2) is 26.3 Å². The van der Waals surface area contributed by atoms with Gasteiger partial charge in [-0.05, 0) is 24.3 Å². The minimum Gasteiger partial charge on any atom is -0.399 e. The normalized spacial score (nSPS) is 10.8. The fourth-order valence-electron chi connectivity index (χ4n) is 2.16. The number of nitrogens with two attached hydrogens (primary N) is 1. The maximum absolute atomic E-state index is 5.78. The summed E-state index contributed by atoms with van der Waals surface area (Å²) >= 11 is 0. The Kier molecular flexibility index (Phi) is 3.20. The monoisotopic (exact) mass is 268 g/mol. The van der Waals surface area contributed by atoms with Crippen LogP contribution in [0.5, 0.6) is 0 Å². The maximum atomic E-state index is 5.78. The number of nitrogen functional groups attached to an aromatic ring is 1. The lowest BCUT2D eigenvalue weighted by atomic mass is 10.1. The van der Waals surface area contributed by atoms with Crippen LogP contribution in [0.25, 0.3) is 10.9 Å². The van der Waals surface area contributed by atoms with E-state index in [-0.39, 0.29) is 0 Å². The van der Waals surface area contributed by atoms with E-state index in [0.29, 0.717) is 0 Å². The average Bonchev–Trinajstić information content (AvgIpc) is 2.84. The number of hydrogen-bond donors (Lipinski definition) is 2. The summed E-state index contributed by atoms with van der Waals surface area (Å²) in [7, 11) is 1.94. The van der Waals surface area contributed by atoms with E-state index in [1.54, 1.807) is 12.5 Å². The Hall–Kier alpha value is -2.63. The molecule has 6 nitrogen and oxygen atoms in total. The molecule has 0 aliphatic heterocycles. The van der Waals surface area contributed by atoms with Crippen molar-refractivity contribution in [2.75, 3.05) is 17.6 Å². The van der Waals surface area contributed by atoms with E-state index in [0.717, 1.165) is 41.1 Å². The number of aromatic nitrogens is 4. The van der Waals surface area contributed by atoms with Crippen molar-refractivity contribution in [2.24, 2.45) is 7.05 Å². The first-order valence-electron chi connectivity index (χ1n) is 6.45. The van der Waals surface area contributed by atoms with Crippen LogP contribution in [-0.2, 0) is 13.5 Å². The van der Waals surface area contributed by atoms with Gasteiger partial charge >= 0.3 is 0 Å². The number of pyridine rings is 1. The predicted octanol–water partition coefficient (Wildman–Crippen LogP) is 1.60. The van der Waals surface area contributed by atoms with Gasteiger partial charge < -0.3 is 15.6 Å². The van der Waals surface area contributed by atoms with Gasteiger partial charge in [-0.25, -0.2) is 0 Å². The lowest BCUT2D eigenvalue weighted by Gasteiger charge is -2.09. The summed E-state index contributed by atoms with van der Waals surface area (Å²) in [6, 6.07) is 7.72. The first-order chi connectivity index (χ1) is 9.74. The van der Waals surface area contributed by atoms with Crippen molar-refractivity contribution in [3.63, 3.8) is 0 Å². The molecule has 0 bridgehead atoms. The Morgan fingerprint density at radius 1 is 1.30 bits per heavy atom. The molecule has 0 unspecified atom stereocenters. The van der Waals surface area contributed by atoms with Crippen LogP contribution in [0.4, 0.5) is 11.4 Å². The van der Waals surface area contributed by atoms with Gasteiger partial charge in [0.15, 0.2) is 0 Å². The number of anilines is 2. The van der Waals surface area contributed by atoms with Crippen LogP contribution < -0.4 is 11.1 Å². The summed E-state index contributed by atoms with van der Waals surface area (Å²) in [5.74, 6) is 0.958. The summed E-state index contributed by atoms with van der Waals surface area (Å²) in [5.41, 5.74) is 8.45. The number of benzene rings is 1. The standard InChI is InChI=1S/C14H16N6/c1-20-9-18-19-14(20)5-7-16-12-4-6-17-13-8-10(15)2-3-11(12)13/h2-4,6,8-9H,5,7,15H2,1H3,(H,16,17). The van der Waals surface area contributed by atoms with E-state index in [1.165, 1.54) is 0 Å². The number of rotatable bonds is 4. The van der Waals surface area contributed by atoms with Crippen molar-refractivity contribution in [3.8, 4) is 0 Å². The SMILES string of the molecule is Cn1cnnc1CCNc1ccnc2cc(N)ccc12. The van der Waals surface area contributed by atoms with Gasteiger partial charge in [0, 0.05) is 43.0 Å². The van der Waals surface area contributed by atoms with Gasteiger partial charge in [-0.3, -0.25) is 4.98 Å². The summed E-state index contributed by atoms with van der Waals surface area (Å²) in [6.45, 7) is 0.788. The second kappa shape index (κ2) is 5.16. The summed E-state index contributed by atoms with van der Waals surface area (Å²) in [6.07, 6.45) is 4.31. The fraction of sp³-hybridized carbons (Fsp3) is 0.214. The number of fused-ring (bicyclic) bond motifs is 1. The van der Waals surface area contributed by atoms with Crippen LogP contribution in [0.1, 0.15) is 5.82 Å². The van der Waals surface area contributed by atoms with Gasteiger partial charge in [-0.15, -0.1) is 10.2 Å². The highest BCUT2D eigenvalue weighted by atomic mass is 15.2. The molecule has 0 spiro atoms. The molecule has 0 amide bonds. The maximum Gasteiger partial charge on any atom is 0.134 e. The molecule has 0 radical (unpaired) electrons. The molecule has 3 N–H and O–H groups in total. The average molecular weight is 268 g/mol. The van der Waals surface area contributed by atoms with E-state index in [9.17, 15) is 0 Å². The molecule has 0 saturated heterocycles. The van der Waals surface area contributed by atoms with Gasteiger partial charge in [0.1, 0.15) is 12.2 Å². The number of aryl methyl sites for hydroxylation is 1. The van der Waals surface area contributed by atoms with Crippen LogP contribution in [0, 0.1) is 0 Å². The Morgan fingerprint density at radius 3 is 3.00 bits per heavy atom. The Morgan fingerprint density at radius 2 is 2.20 bits per heavy atom. The molecule has 1 aromatic carbocycles. The third-order valence-corrected chi connectivity index (χ3v) is 3.24. The molecule has 6 heteroatoms. The molecule has 3 rings (SSSR count). The molecule has 0 saturated carbocycles. The van der Waals surface area contributed by atoms with E-state index in [2.05, 4.69) is 20.5 Å². The van der Waals surface area contributed by atoms with Crippen molar-refractivity contribution in [1.82, 2.24) is 19.7 Å². The fourth-order valence-corrected chi connectivity index (χ4v) is 2.16. The minimum atomic E-state index is 0.723. The van der Waals surface area contributed by atoms with Gasteiger partial charge in [0.25, 0.3) is 0 Å². The quantitative estimate of drug-likeness (QED) is 0.702. The van der Waals surface area contributed by atoms with Crippen molar-refractivity contribution in [3.05, 3.63) is 42.6 Å². The molecule has 0 atom stereocenters. The third-order valence-electron chi connectivity index (χ3n) is 3.24. The molecular weight excluding hydrogens is 252 g/mol. The lowest BCUT2D eigenvalue weighted by Crippen LogP contribution is -2.09. The molecule has 0 fully saturated rings. The molecule has 0 aliphatic rings. The van der Waals surface area contributed by atoms with Crippen LogP contribution in [0.3, 0.4) is 0 Å². The highest BCUT2D eigenvalue weighted by molar-refractivity contribution is 5.92. The Bertz CT molecular complexity index is 733. The number of hydrogen-bond acceptors (Lipinski definition) is 5. The molecule has 20 heavy (non-hydrogen) atoms. The molecule has 3 aromatic rings. The van der Waals surface area contributed by atoms with E-state index >= 15 is 0 Å². The topological polar surface area (TPSA) is 81.7 Å². The summed E-state index contributed by atoms with van der Waals surface area (Å²) in [5, 5.41) is 12.4. The highest BCUT2D eigenvalue weighted by Crippen LogP contribution is 2.23. The van der Waals surface area contributed by atoms with Gasteiger partial charge in [0.05, 0.1) is 5.52 Å². The van der Waals surface area contributed by atoms with E-state index < -0.39 is 0 Å². The second-order valence-corrected chi connectivity index (χ2v) is 4.67. The Balaban J connectivity index is 1.76.